The topological polar surface area (TPSA) is 88.5 Å². The van der Waals surface area contributed by atoms with Gasteiger partial charge in [-0.1, -0.05) is 6.07 Å². The second-order valence-corrected chi connectivity index (χ2v) is 9.85. The van der Waals surface area contributed by atoms with E-state index in [2.05, 4.69) is 38.6 Å². The third kappa shape index (κ3) is 4.15. The van der Waals surface area contributed by atoms with Crippen molar-refractivity contribution in [1.29, 1.82) is 0 Å². The van der Waals surface area contributed by atoms with Gasteiger partial charge in [0.05, 0.1) is 30.8 Å². The molecule has 0 amide bonds. The summed E-state index contributed by atoms with van der Waals surface area (Å²) in [7, 11) is 0.0819. The Morgan fingerprint density at radius 1 is 1.19 bits per heavy atom. The molecular formula is C22H25N5O3S2. The number of thiocarbonyl (C=S) groups is 1. The molecule has 1 fully saturated rings. The van der Waals surface area contributed by atoms with E-state index in [1.165, 1.54) is 7.11 Å². The van der Waals surface area contributed by atoms with E-state index in [0.29, 0.717) is 16.5 Å². The van der Waals surface area contributed by atoms with Crippen molar-refractivity contribution in [3.05, 3.63) is 71.8 Å². The summed E-state index contributed by atoms with van der Waals surface area (Å²) in [5.41, 5.74) is 4.22. The van der Waals surface area contributed by atoms with Crippen LogP contribution in [0.1, 0.15) is 29.2 Å². The van der Waals surface area contributed by atoms with E-state index in [-0.39, 0.29) is 12.1 Å². The van der Waals surface area contributed by atoms with E-state index in [9.17, 15) is 8.42 Å². The average molecular weight is 472 g/mol. The lowest BCUT2D eigenvalue weighted by atomic mass is 10.0. The number of pyridine rings is 1. The first-order valence-corrected chi connectivity index (χ1v) is 12.3. The summed E-state index contributed by atoms with van der Waals surface area (Å²) >= 11 is 5.75. The molecule has 8 nitrogen and oxygen atoms in total. The molecule has 2 atom stereocenters. The van der Waals surface area contributed by atoms with Gasteiger partial charge in [0.1, 0.15) is 11.8 Å². The van der Waals surface area contributed by atoms with Gasteiger partial charge in [-0.05, 0) is 55.5 Å². The van der Waals surface area contributed by atoms with Crippen molar-refractivity contribution >= 4 is 38.7 Å². The molecule has 0 radical (unpaired) electrons. The smallest absolute Gasteiger partial charge is 0.229 e. The molecule has 0 bridgehead atoms. The van der Waals surface area contributed by atoms with Crippen LogP contribution in [0, 0.1) is 6.92 Å². The van der Waals surface area contributed by atoms with Crippen LogP contribution >= 0.6 is 12.2 Å². The summed E-state index contributed by atoms with van der Waals surface area (Å²) in [5, 5.41) is 3.97. The van der Waals surface area contributed by atoms with Crippen molar-refractivity contribution in [3.8, 4) is 5.75 Å². The lowest BCUT2D eigenvalue weighted by Crippen LogP contribution is -2.30. The molecule has 3 aromatic rings. The highest BCUT2D eigenvalue weighted by atomic mass is 32.2. The van der Waals surface area contributed by atoms with Crippen LogP contribution in [0.15, 0.2) is 54.7 Å². The Kier molecular flexibility index (Phi) is 5.83. The molecule has 32 heavy (non-hydrogen) atoms. The van der Waals surface area contributed by atoms with Crippen LogP contribution in [-0.2, 0) is 17.1 Å². The first kappa shape index (κ1) is 22.1. The molecule has 0 unspecified atom stereocenters. The van der Waals surface area contributed by atoms with Gasteiger partial charge < -0.3 is 19.5 Å². The summed E-state index contributed by atoms with van der Waals surface area (Å²) < 4.78 is 33.5. The van der Waals surface area contributed by atoms with Crippen LogP contribution < -0.4 is 19.7 Å². The molecule has 0 aliphatic carbocycles. The van der Waals surface area contributed by atoms with Crippen molar-refractivity contribution in [2.75, 3.05) is 23.0 Å². The maximum absolute atomic E-state index is 11.7. The lowest BCUT2D eigenvalue weighted by molar-refractivity contribution is 0.417. The van der Waals surface area contributed by atoms with Crippen LogP contribution in [0.25, 0.3) is 0 Å². The van der Waals surface area contributed by atoms with E-state index >= 15 is 0 Å². The predicted octanol–water partition coefficient (Wildman–Crippen LogP) is 3.29. The molecule has 4 rings (SSSR count). The van der Waals surface area contributed by atoms with Crippen molar-refractivity contribution < 1.29 is 13.2 Å². The second kappa shape index (κ2) is 8.44. The molecule has 0 saturated carbocycles. The average Bonchev–Trinajstić information content (AvgIpc) is 3.27. The standard InChI is InChI=1S/C22H25N5O3S2/c1-14-8-11-18(26(14)2)21-20(17-7-5-6-12-23-17)24-22(31)27(21)15-9-10-16(19(13-15)30-3)25-32(4,28)29/h5-13,20-21,25H,1-4H3,(H,24,31)/t20-,21-/m1/s1. The van der Waals surface area contributed by atoms with Gasteiger partial charge in [-0.2, -0.15) is 0 Å². The Balaban J connectivity index is 1.83. The zero-order chi connectivity index (χ0) is 23.0. The number of nitrogens with one attached hydrogen (secondary N) is 2. The Bertz CT molecular complexity index is 1260. The Hall–Kier alpha value is -3.11. The summed E-state index contributed by atoms with van der Waals surface area (Å²) in [4.78, 5) is 6.59. The van der Waals surface area contributed by atoms with Crippen molar-refractivity contribution in [2.24, 2.45) is 7.05 Å². The minimum atomic E-state index is -3.45. The monoisotopic (exact) mass is 471 g/mol. The molecule has 0 spiro atoms. The number of hydrogen-bond acceptors (Lipinski definition) is 5. The molecule has 168 valence electrons. The number of aromatic nitrogens is 2. The molecule has 2 aromatic heterocycles. The Morgan fingerprint density at radius 2 is 1.97 bits per heavy atom. The molecule has 1 aromatic carbocycles. The van der Waals surface area contributed by atoms with E-state index < -0.39 is 10.0 Å². The SMILES string of the molecule is COc1cc(N2C(=S)N[C@H](c3ccccn3)[C@H]2c2ccc(C)n2C)ccc1NS(C)(=O)=O. The highest BCUT2D eigenvalue weighted by Crippen LogP contribution is 2.43. The zero-order valence-corrected chi connectivity index (χ0v) is 19.9. The van der Waals surface area contributed by atoms with E-state index in [1.807, 2.05) is 36.2 Å². The van der Waals surface area contributed by atoms with Gasteiger partial charge in [-0.25, -0.2) is 8.42 Å². The predicted molar refractivity (Wildman–Crippen MR) is 130 cm³/mol. The van der Waals surface area contributed by atoms with Crippen LogP contribution in [-0.4, -0.2) is 36.4 Å². The minimum Gasteiger partial charge on any atom is -0.494 e. The number of ether oxygens (including phenoxy) is 1. The molecule has 10 heteroatoms. The van der Waals surface area contributed by atoms with Crippen LogP contribution in [0.4, 0.5) is 11.4 Å². The minimum absolute atomic E-state index is 0.170. The van der Waals surface area contributed by atoms with Gasteiger partial charge in [-0.3, -0.25) is 9.71 Å². The van der Waals surface area contributed by atoms with E-state index in [1.54, 1.807) is 18.3 Å². The largest absolute Gasteiger partial charge is 0.494 e. The van der Waals surface area contributed by atoms with Crippen LogP contribution in [0.5, 0.6) is 5.75 Å². The van der Waals surface area contributed by atoms with Gasteiger partial charge in [0, 0.05) is 36.4 Å². The van der Waals surface area contributed by atoms with Gasteiger partial charge >= 0.3 is 0 Å². The van der Waals surface area contributed by atoms with Gasteiger partial charge in [-0.15, -0.1) is 0 Å². The number of nitrogens with zero attached hydrogens (tertiary/aromatic N) is 3. The molecular weight excluding hydrogens is 446 g/mol. The first-order chi connectivity index (χ1) is 15.2. The number of anilines is 2. The number of aryl methyl sites for hydroxylation is 1. The fourth-order valence-corrected chi connectivity index (χ4v) is 4.89. The number of sulfonamides is 1. The van der Waals surface area contributed by atoms with Gasteiger partial charge in [0.25, 0.3) is 0 Å². The summed E-state index contributed by atoms with van der Waals surface area (Å²) in [6, 6.07) is 14.9. The second-order valence-electron chi connectivity index (χ2n) is 7.71. The Labute approximate surface area is 193 Å². The summed E-state index contributed by atoms with van der Waals surface area (Å²) in [5.74, 6) is 0.402. The maximum atomic E-state index is 11.7. The third-order valence-corrected chi connectivity index (χ3v) is 6.48. The van der Waals surface area contributed by atoms with Crippen LogP contribution in [0.2, 0.25) is 0 Å². The van der Waals surface area contributed by atoms with Gasteiger partial charge in [0.15, 0.2) is 5.11 Å². The summed E-state index contributed by atoms with van der Waals surface area (Å²) in [6.45, 7) is 2.05. The highest BCUT2D eigenvalue weighted by molar-refractivity contribution is 7.92. The van der Waals surface area contributed by atoms with Crippen molar-refractivity contribution in [1.82, 2.24) is 14.9 Å². The number of hydrogen-bond donors (Lipinski definition) is 2. The van der Waals surface area contributed by atoms with Crippen LogP contribution in [0.3, 0.4) is 0 Å². The fourth-order valence-electron chi connectivity index (χ4n) is 3.98. The zero-order valence-electron chi connectivity index (χ0n) is 18.2. The Morgan fingerprint density at radius 3 is 2.56 bits per heavy atom. The summed E-state index contributed by atoms with van der Waals surface area (Å²) in [6.07, 6.45) is 2.87. The van der Waals surface area contributed by atoms with Crippen molar-refractivity contribution in [3.63, 3.8) is 0 Å². The first-order valence-electron chi connectivity index (χ1n) is 9.98. The van der Waals surface area contributed by atoms with Gasteiger partial charge in [0.2, 0.25) is 10.0 Å². The lowest BCUT2D eigenvalue weighted by Gasteiger charge is -2.29. The van der Waals surface area contributed by atoms with Crippen molar-refractivity contribution in [2.45, 2.75) is 19.0 Å². The maximum Gasteiger partial charge on any atom is 0.229 e. The van der Waals surface area contributed by atoms with E-state index in [0.717, 1.165) is 29.0 Å². The highest BCUT2D eigenvalue weighted by Gasteiger charge is 2.42. The van der Waals surface area contributed by atoms with E-state index in [4.69, 9.17) is 17.0 Å². The normalized spacial score (nSPS) is 18.5. The third-order valence-electron chi connectivity index (χ3n) is 5.57. The fraction of sp³-hybridized carbons (Fsp3) is 0.273. The molecule has 1 saturated heterocycles. The quantitative estimate of drug-likeness (QED) is 0.534. The number of methoxy groups -OCH3 is 1. The molecule has 1 aliphatic heterocycles. The molecule has 1 aliphatic rings. The number of benzene rings is 1. The number of rotatable bonds is 6. The molecule has 3 heterocycles. The molecule has 2 N–H and O–H groups in total.